The summed E-state index contributed by atoms with van der Waals surface area (Å²) in [6.07, 6.45) is -0.695. The summed E-state index contributed by atoms with van der Waals surface area (Å²) < 4.78 is 37.0. The fraction of sp³-hybridized carbons (Fsp3) is 0.174. The first-order valence-electron chi connectivity index (χ1n) is 9.50. The molecule has 2 N–H and O–H groups in total. The second kappa shape index (κ2) is 9.02. The number of ether oxygens (including phenoxy) is 1. The van der Waals surface area contributed by atoms with Crippen molar-refractivity contribution in [3.8, 4) is 17.0 Å². The Morgan fingerprint density at radius 1 is 0.967 bits per heavy atom. The van der Waals surface area contributed by atoms with Crippen molar-refractivity contribution in [2.24, 2.45) is 0 Å². The number of aliphatic hydroxyl groups excluding tert-OH is 1. The normalized spacial score (nSPS) is 12.2. The van der Waals surface area contributed by atoms with Gasteiger partial charge in [0.2, 0.25) is 0 Å². The van der Waals surface area contributed by atoms with Crippen LogP contribution in [0.1, 0.15) is 5.56 Å². The lowest BCUT2D eigenvalue weighted by molar-refractivity contribution is 0.106. The Hall–Kier alpha value is -3.29. The maximum absolute atomic E-state index is 13.3. The zero-order chi connectivity index (χ0) is 20.9. The van der Waals surface area contributed by atoms with E-state index in [1.807, 2.05) is 12.1 Å². The number of fused-ring (bicyclic) bond motifs is 1. The summed E-state index contributed by atoms with van der Waals surface area (Å²) in [4.78, 5) is 0. The largest absolute Gasteiger partial charge is 0.491 e. The highest BCUT2D eigenvalue weighted by atomic mass is 19.1. The number of benzene rings is 3. The third kappa shape index (κ3) is 4.82. The molecule has 3 aromatic carbocycles. The van der Waals surface area contributed by atoms with Crippen LogP contribution in [0.5, 0.6) is 5.75 Å². The van der Waals surface area contributed by atoms with Gasteiger partial charge in [0.1, 0.15) is 35.8 Å². The number of hydrogen-bond donors (Lipinski definition) is 2. The van der Waals surface area contributed by atoms with Crippen LogP contribution in [-0.2, 0) is 6.54 Å². The van der Waals surface area contributed by atoms with Gasteiger partial charge in [0, 0.05) is 30.1 Å². The van der Waals surface area contributed by atoms with Gasteiger partial charge in [-0.3, -0.25) is 0 Å². The molecule has 4 rings (SSSR count). The van der Waals surface area contributed by atoms with E-state index in [-0.39, 0.29) is 18.2 Å². The number of nitrogens with zero attached hydrogens (tertiary/aromatic N) is 1. The first kappa shape index (κ1) is 20.0. The van der Waals surface area contributed by atoms with Crippen molar-refractivity contribution in [2.75, 3.05) is 13.2 Å². The van der Waals surface area contributed by atoms with Crippen molar-refractivity contribution in [1.82, 2.24) is 10.5 Å². The Kier molecular flexibility index (Phi) is 6.02. The van der Waals surface area contributed by atoms with Gasteiger partial charge in [0.05, 0.1) is 0 Å². The van der Waals surface area contributed by atoms with E-state index in [1.54, 1.807) is 30.3 Å². The predicted molar refractivity (Wildman–Crippen MR) is 109 cm³/mol. The van der Waals surface area contributed by atoms with Gasteiger partial charge in [0.15, 0.2) is 5.58 Å². The van der Waals surface area contributed by atoms with Gasteiger partial charge in [0.25, 0.3) is 0 Å². The number of hydrogen-bond acceptors (Lipinski definition) is 5. The third-order valence-electron chi connectivity index (χ3n) is 4.63. The van der Waals surface area contributed by atoms with Crippen LogP contribution in [0.2, 0.25) is 0 Å². The first-order chi connectivity index (χ1) is 14.6. The molecule has 4 aromatic rings. The minimum Gasteiger partial charge on any atom is -0.491 e. The van der Waals surface area contributed by atoms with E-state index in [9.17, 15) is 13.9 Å². The van der Waals surface area contributed by atoms with Crippen molar-refractivity contribution in [3.05, 3.63) is 83.9 Å². The van der Waals surface area contributed by atoms with E-state index in [0.29, 0.717) is 30.1 Å². The molecule has 0 aliphatic rings. The third-order valence-corrected chi connectivity index (χ3v) is 4.63. The smallest absolute Gasteiger partial charge is 0.170 e. The van der Waals surface area contributed by atoms with Crippen LogP contribution >= 0.6 is 0 Å². The topological polar surface area (TPSA) is 67.5 Å². The number of nitrogens with one attached hydrogen (secondary N) is 1. The van der Waals surface area contributed by atoms with Gasteiger partial charge in [-0.1, -0.05) is 17.3 Å². The molecule has 1 atom stereocenters. The van der Waals surface area contributed by atoms with Crippen LogP contribution in [0, 0.1) is 11.6 Å². The molecule has 0 bridgehead atoms. The molecular formula is C23H20F2N2O3. The molecule has 30 heavy (non-hydrogen) atoms. The first-order valence-corrected chi connectivity index (χ1v) is 9.50. The number of halogens is 2. The van der Waals surface area contributed by atoms with E-state index in [2.05, 4.69) is 10.5 Å². The monoisotopic (exact) mass is 410 g/mol. The van der Waals surface area contributed by atoms with Crippen molar-refractivity contribution in [3.63, 3.8) is 0 Å². The summed E-state index contributed by atoms with van der Waals surface area (Å²) in [7, 11) is 0. The van der Waals surface area contributed by atoms with Gasteiger partial charge in [-0.2, -0.15) is 0 Å². The van der Waals surface area contributed by atoms with E-state index < -0.39 is 6.10 Å². The lowest BCUT2D eigenvalue weighted by atomic mass is 10.1. The molecule has 0 fully saturated rings. The molecule has 0 amide bonds. The summed E-state index contributed by atoms with van der Waals surface area (Å²) in [6, 6.07) is 17.7. The molecule has 5 nitrogen and oxygen atoms in total. The maximum atomic E-state index is 13.3. The maximum Gasteiger partial charge on any atom is 0.170 e. The van der Waals surface area contributed by atoms with Gasteiger partial charge >= 0.3 is 0 Å². The lowest BCUT2D eigenvalue weighted by Gasteiger charge is -2.13. The second-order valence-corrected chi connectivity index (χ2v) is 6.92. The average Bonchev–Trinajstić information content (AvgIpc) is 3.17. The minimum atomic E-state index is -0.695. The Balaban J connectivity index is 1.28. The van der Waals surface area contributed by atoms with Crippen LogP contribution < -0.4 is 10.1 Å². The highest BCUT2D eigenvalue weighted by Gasteiger charge is 2.11. The van der Waals surface area contributed by atoms with Crippen LogP contribution in [0.25, 0.3) is 22.2 Å². The highest BCUT2D eigenvalue weighted by molar-refractivity contribution is 5.91. The predicted octanol–water partition coefficient (Wildman–Crippen LogP) is 4.30. The van der Waals surface area contributed by atoms with Gasteiger partial charge in [-0.25, -0.2) is 8.78 Å². The SMILES string of the molecule is O[C@@H](CNCc1ccc(F)cc1)COc1ccc(-c2noc3cc(F)ccc23)cc1. The molecule has 0 spiro atoms. The number of rotatable bonds is 8. The molecule has 0 saturated carbocycles. The van der Waals surface area contributed by atoms with Crippen molar-refractivity contribution >= 4 is 11.0 Å². The Morgan fingerprint density at radius 3 is 2.47 bits per heavy atom. The van der Waals surface area contributed by atoms with E-state index in [1.165, 1.54) is 24.3 Å². The van der Waals surface area contributed by atoms with Crippen molar-refractivity contribution in [2.45, 2.75) is 12.6 Å². The molecular weight excluding hydrogens is 390 g/mol. The molecule has 154 valence electrons. The molecule has 0 unspecified atom stereocenters. The van der Waals surface area contributed by atoms with E-state index in [4.69, 9.17) is 9.26 Å². The van der Waals surface area contributed by atoms with Gasteiger partial charge in [-0.15, -0.1) is 0 Å². The molecule has 0 radical (unpaired) electrons. The Labute approximate surface area is 171 Å². The van der Waals surface area contributed by atoms with Crippen LogP contribution in [0.3, 0.4) is 0 Å². The summed E-state index contributed by atoms with van der Waals surface area (Å²) in [6.45, 7) is 1.00. The Morgan fingerprint density at radius 2 is 1.70 bits per heavy atom. The molecule has 0 aliphatic carbocycles. The number of aromatic nitrogens is 1. The van der Waals surface area contributed by atoms with E-state index >= 15 is 0 Å². The molecule has 7 heteroatoms. The van der Waals surface area contributed by atoms with E-state index in [0.717, 1.165) is 16.5 Å². The minimum absolute atomic E-state index is 0.127. The van der Waals surface area contributed by atoms with Gasteiger partial charge < -0.3 is 19.7 Å². The highest BCUT2D eigenvalue weighted by Crippen LogP contribution is 2.29. The molecule has 1 heterocycles. The standard InChI is InChI=1S/C23H20F2N2O3/c24-17-5-1-15(2-6-17)12-26-13-19(28)14-29-20-8-3-16(4-9-20)23-21-10-7-18(25)11-22(21)30-27-23/h1-11,19,26,28H,12-14H2/t19-/m0/s1. The number of aliphatic hydroxyl groups is 1. The Bertz CT molecular complexity index is 1110. The van der Waals surface area contributed by atoms with Crippen LogP contribution in [0.4, 0.5) is 8.78 Å². The summed E-state index contributed by atoms with van der Waals surface area (Å²) in [5.74, 6) is -0.0429. The molecule has 0 aliphatic heterocycles. The summed E-state index contributed by atoms with van der Waals surface area (Å²) >= 11 is 0. The lowest BCUT2D eigenvalue weighted by Crippen LogP contribution is -2.31. The second-order valence-electron chi connectivity index (χ2n) is 6.92. The summed E-state index contributed by atoms with van der Waals surface area (Å²) in [5.41, 5.74) is 2.76. The molecule has 1 aromatic heterocycles. The van der Waals surface area contributed by atoms with Crippen molar-refractivity contribution < 1.29 is 23.1 Å². The van der Waals surface area contributed by atoms with Crippen LogP contribution in [-0.4, -0.2) is 29.5 Å². The van der Waals surface area contributed by atoms with Crippen molar-refractivity contribution in [1.29, 1.82) is 0 Å². The zero-order valence-corrected chi connectivity index (χ0v) is 16.0. The fourth-order valence-electron chi connectivity index (χ4n) is 3.07. The molecule has 0 saturated heterocycles. The van der Waals surface area contributed by atoms with Crippen LogP contribution in [0.15, 0.2) is 71.3 Å². The van der Waals surface area contributed by atoms with Gasteiger partial charge in [-0.05, 0) is 54.1 Å². The average molecular weight is 410 g/mol. The fourth-order valence-corrected chi connectivity index (χ4v) is 3.07. The summed E-state index contributed by atoms with van der Waals surface area (Å²) in [5, 5.41) is 17.9. The zero-order valence-electron chi connectivity index (χ0n) is 16.0. The quantitative estimate of drug-likeness (QED) is 0.453.